The lowest BCUT2D eigenvalue weighted by molar-refractivity contribution is -0.302. The van der Waals surface area contributed by atoms with Crippen molar-refractivity contribution in [2.45, 2.75) is 167 Å². The highest BCUT2D eigenvalue weighted by Gasteiger charge is 2.56. The molecule has 3 aliphatic heterocycles. The van der Waals surface area contributed by atoms with Gasteiger partial charge in [0.15, 0.2) is 0 Å². The van der Waals surface area contributed by atoms with Crippen LogP contribution in [0.4, 0.5) is 0 Å². The summed E-state index contributed by atoms with van der Waals surface area (Å²) in [6, 6.07) is -1.14. The van der Waals surface area contributed by atoms with E-state index in [1.807, 2.05) is 26.0 Å². The summed E-state index contributed by atoms with van der Waals surface area (Å²) in [6.07, 6.45) is 4.66. The predicted octanol–water partition coefficient (Wildman–Crippen LogP) is 4.46. The second kappa shape index (κ2) is 21.1. The molecule has 0 radical (unpaired) electrons. The van der Waals surface area contributed by atoms with Crippen molar-refractivity contribution in [3.8, 4) is 0 Å². The Balaban J connectivity index is 1.77. The quantitative estimate of drug-likeness (QED) is 0.161. The predicted molar refractivity (Wildman–Crippen MR) is 212 cm³/mol. The Morgan fingerprint density at radius 1 is 0.965 bits per heavy atom. The van der Waals surface area contributed by atoms with E-state index in [2.05, 4.69) is 6.92 Å². The third-order valence-corrected chi connectivity index (χ3v) is 13.2. The molecule has 0 aromatic heterocycles. The number of aliphatic hydroxyl groups is 4. The van der Waals surface area contributed by atoms with Crippen LogP contribution in [0.1, 0.15) is 119 Å². The molecule has 14 atom stereocenters. The van der Waals surface area contributed by atoms with Gasteiger partial charge in [0.2, 0.25) is 5.79 Å². The summed E-state index contributed by atoms with van der Waals surface area (Å²) in [4.78, 5) is 57.8. The fraction of sp³-hybridized carbons (Fsp3) is 0.818. The number of carbonyl (C=O) groups is 4. The van der Waals surface area contributed by atoms with Gasteiger partial charge >= 0.3 is 5.97 Å². The molecule has 0 aromatic carbocycles. The van der Waals surface area contributed by atoms with Gasteiger partial charge in [-0.15, -0.1) is 0 Å². The van der Waals surface area contributed by atoms with Crippen molar-refractivity contribution >= 4 is 23.4 Å². The normalized spacial score (nSPS) is 41.1. The monoisotopic (exact) mass is 805 g/mol. The molecule has 3 heterocycles. The lowest BCUT2D eigenvalue weighted by Gasteiger charge is -2.47. The van der Waals surface area contributed by atoms with Crippen molar-refractivity contribution in [2.24, 2.45) is 35.5 Å². The van der Waals surface area contributed by atoms with Crippen LogP contribution in [0.2, 0.25) is 0 Å². The number of cyclic esters (lactones) is 1. The molecule has 2 saturated heterocycles. The third-order valence-electron chi connectivity index (χ3n) is 13.2. The number of ether oxygens (including phenoxy) is 4. The number of rotatable bonds is 7. The zero-order chi connectivity index (χ0) is 42.2. The molecule has 1 unspecified atom stereocenters. The largest absolute Gasteiger partial charge is 0.456 e. The first kappa shape index (κ1) is 47.2. The molecule has 3 fully saturated rings. The lowest BCUT2D eigenvalue weighted by Crippen LogP contribution is -2.64. The first-order chi connectivity index (χ1) is 27.0. The van der Waals surface area contributed by atoms with Gasteiger partial charge in [0, 0.05) is 57.5 Å². The van der Waals surface area contributed by atoms with Crippen LogP contribution in [-0.4, -0.2) is 125 Å². The van der Waals surface area contributed by atoms with Gasteiger partial charge in [-0.3, -0.25) is 14.4 Å². The number of allylic oxidation sites excluding steroid dienone is 3. The van der Waals surface area contributed by atoms with E-state index < -0.39 is 83.9 Å². The zero-order valence-electron chi connectivity index (χ0n) is 35.6. The maximum absolute atomic E-state index is 14.3. The van der Waals surface area contributed by atoms with Gasteiger partial charge in [-0.1, -0.05) is 51.8 Å². The molecular weight excluding hydrogens is 734 g/mol. The second-order valence-electron chi connectivity index (χ2n) is 17.7. The second-order valence-corrected chi connectivity index (χ2v) is 17.7. The van der Waals surface area contributed by atoms with Crippen molar-refractivity contribution in [3.05, 3.63) is 23.3 Å². The number of amides is 1. The van der Waals surface area contributed by atoms with Crippen LogP contribution in [0.3, 0.4) is 0 Å². The summed E-state index contributed by atoms with van der Waals surface area (Å²) in [5.41, 5.74) is 1.64. The number of esters is 1. The number of hydrogen-bond acceptors (Lipinski definition) is 12. The fourth-order valence-electron chi connectivity index (χ4n) is 9.68. The number of piperidine rings is 1. The minimum absolute atomic E-state index is 0.0297. The highest BCUT2D eigenvalue weighted by atomic mass is 16.7. The maximum atomic E-state index is 14.3. The Hall–Kier alpha value is -2.52. The van der Waals surface area contributed by atoms with Gasteiger partial charge in [0.05, 0.1) is 24.4 Å². The Kier molecular flexibility index (Phi) is 17.5. The average Bonchev–Trinajstić information content (AvgIpc) is 3.18. The number of ketones is 2. The molecule has 4 rings (SSSR count). The van der Waals surface area contributed by atoms with E-state index in [1.165, 1.54) is 19.1 Å². The molecule has 324 valence electrons. The summed E-state index contributed by atoms with van der Waals surface area (Å²) in [5, 5.41) is 44.0. The standard InChI is InChI=1S/C44H71NO12/c1-9-12-31-18-25(2)17-26(3)19-37(54-7)40-38(55-8)21-28(5)44(53,57-40)41(50)42(51)45-16-11-10-13-33(45)43(52)56-39(29(6)35(48)23-36(31)49)27(4)20-30-14-15-34(47)32(22-30)24-46/h18,20,26,28-35,37-40,46-48,53H,9-17,19,21-24H2,1-8H3/b25-18+,27-20+/t26-,28-,29-,30+,31-,32+,33?,34-,35+,37+,38+,39-,40-,44-/m1/s1. The number of fused-ring (bicyclic) bond motifs is 3. The van der Waals surface area contributed by atoms with E-state index in [0.717, 1.165) is 12.0 Å². The van der Waals surface area contributed by atoms with Crippen LogP contribution in [0.25, 0.3) is 0 Å². The summed E-state index contributed by atoms with van der Waals surface area (Å²) < 4.78 is 24.2. The van der Waals surface area contributed by atoms with Gasteiger partial charge in [-0.25, -0.2) is 4.79 Å². The summed E-state index contributed by atoms with van der Waals surface area (Å²) in [6.45, 7) is 11.1. The minimum atomic E-state index is -2.51. The fourth-order valence-corrected chi connectivity index (χ4v) is 9.68. The summed E-state index contributed by atoms with van der Waals surface area (Å²) >= 11 is 0. The summed E-state index contributed by atoms with van der Waals surface area (Å²) in [7, 11) is 3.06. The van der Waals surface area contributed by atoms with Crippen molar-refractivity contribution in [3.63, 3.8) is 0 Å². The zero-order valence-corrected chi connectivity index (χ0v) is 35.6. The molecule has 0 spiro atoms. The van der Waals surface area contributed by atoms with Crippen LogP contribution in [0, 0.1) is 35.5 Å². The van der Waals surface area contributed by atoms with Crippen LogP contribution in [0.15, 0.2) is 23.3 Å². The van der Waals surface area contributed by atoms with Crippen molar-refractivity contribution in [1.29, 1.82) is 0 Å². The number of hydrogen-bond donors (Lipinski definition) is 4. The number of nitrogens with zero attached hydrogens (tertiary/aromatic N) is 1. The van der Waals surface area contributed by atoms with E-state index in [-0.39, 0.29) is 56.0 Å². The molecule has 2 bridgehead atoms. The van der Waals surface area contributed by atoms with Crippen LogP contribution < -0.4 is 0 Å². The minimum Gasteiger partial charge on any atom is -0.456 e. The molecule has 1 aliphatic carbocycles. The lowest BCUT2D eigenvalue weighted by atomic mass is 9.78. The Labute approximate surface area is 339 Å². The topological polar surface area (TPSA) is 189 Å². The number of carbonyl (C=O) groups excluding carboxylic acids is 4. The van der Waals surface area contributed by atoms with Crippen molar-refractivity contribution in [1.82, 2.24) is 4.90 Å². The maximum Gasteiger partial charge on any atom is 0.329 e. The molecule has 1 saturated carbocycles. The third kappa shape index (κ3) is 11.4. The molecule has 4 N–H and O–H groups in total. The molecular formula is C44H71NO12. The van der Waals surface area contributed by atoms with Crippen LogP contribution in [0.5, 0.6) is 0 Å². The smallest absolute Gasteiger partial charge is 0.329 e. The van der Waals surface area contributed by atoms with Gasteiger partial charge in [0.25, 0.3) is 11.7 Å². The molecule has 0 aromatic rings. The molecule has 13 nitrogen and oxygen atoms in total. The Morgan fingerprint density at radius 3 is 2.30 bits per heavy atom. The van der Waals surface area contributed by atoms with E-state index >= 15 is 0 Å². The van der Waals surface area contributed by atoms with E-state index in [1.54, 1.807) is 20.8 Å². The SMILES string of the molecule is CCC[C@@H]1/C=C(\C)C[C@@H](C)C[C@H](OC)[C@H]2O[C@@](O)(C(=O)C(=O)N3CCCCC3C(=O)O[C@H](/C(C)=C/[C@@H]3CC[C@@H](O)[C@H](CO)C3)[C@H](C)[C@@H](O)CC1=O)[C@H](C)C[C@@H]2OC. The molecule has 57 heavy (non-hydrogen) atoms. The van der Waals surface area contributed by atoms with E-state index in [4.69, 9.17) is 18.9 Å². The van der Waals surface area contributed by atoms with Crippen LogP contribution in [-0.2, 0) is 38.1 Å². The first-order valence-corrected chi connectivity index (χ1v) is 21.4. The van der Waals surface area contributed by atoms with E-state index in [0.29, 0.717) is 56.9 Å². The van der Waals surface area contributed by atoms with Crippen molar-refractivity contribution < 1.29 is 58.6 Å². The molecule has 1 amide bonds. The highest BCUT2D eigenvalue weighted by Crippen LogP contribution is 2.39. The highest BCUT2D eigenvalue weighted by molar-refractivity contribution is 6.39. The van der Waals surface area contributed by atoms with Crippen LogP contribution >= 0.6 is 0 Å². The Bertz CT molecular complexity index is 1450. The van der Waals surface area contributed by atoms with Gasteiger partial charge < -0.3 is 44.3 Å². The Morgan fingerprint density at radius 2 is 1.65 bits per heavy atom. The summed E-state index contributed by atoms with van der Waals surface area (Å²) in [5.74, 6) is -7.89. The van der Waals surface area contributed by atoms with Gasteiger partial charge in [0.1, 0.15) is 24.0 Å². The first-order valence-electron chi connectivity index (χ1n) is 21.4. The molecule has 13 heteroatoms. The number of Topliss-reactive ketones (excluding diaryl/α,β-unsaturated/α-hetero) is 2. The number of methoxy groups -OCH3 is 2. The number of aliphatic hydroxyl groups excluding tert-OH is 3. The van der Waals surface area contributed by atoms with Gasteiger partial charge in [-0.05, 0) is 95.5 Å². The van der Waals surface area contributed by atoms with Gasteiger partial charge in [-0.2, -0.15) is 0 Å². The van der Waals surface area contributed by atoms with E-state index in [9.17, 15) is 39.6 Å². The average molecular weight is 806 g/mol. The van der Waals surface area contributed by atoms with Crippen molar-refractivity contribution in [2.75, 3.05) is 27.4 Å². The molecule has 4 aliphatic rings.